The van der Waals surface area contributed by atoms with Crippen LogP contribution in [0.4, 0.5) is 0 Å². The Balaban J connectivity index is 2.40. The maximum Gasteiger partial charge on any atom is -0.00836 e. The molecule has 16 heavy (non-hydrogen) atoms. The van der Waals surface area contributed by atoms with E-state index in [1.807, 2.05) is 0 Å². The van der Waals surface area contributed by atoms with Crippen LogP contribution in [0.15, 0.2) is 59.9 Å². The third kappa shape index (κ3) is 2.42. The summed E-state index contributed by atoms with van der Waals surface area (Å²) in [4.78, 5) is 0. The molecule has 0 aromatic heterocycles. The van der Waals surface area contributed by atoms with Gasteiger partial charge in [0.15, 0.2) is 0 Å². The summed E-state index contributed by atoms with van der Waals surface area (Å²) in [5.41, 5.74) is 8.36. The summed E-state index contributed by atoms with van der Waals surface area (Å²) >= 11 is 0. The van der Waals surface area contributed by atoms with E-state index in [1.54, 1.807) is 0 Å². The van der Waals surface area contributed by atoms with E-state index in [-0.39, 0.29) is 0 Å². The lowest BCUT2D eigenvalue weighted by atomic mass is 9.98. The molecule has 0 heterocycles. The zero-order valence-corrected chi connectivity index (χ0v) is 9.83. The van der Waals surface area contributed by atoms with Crippen LogP contribution >= 0.6 is 0 Å². The molecule has 0 N–H and O–H groups in total. The molecule has 0 radical (unpaired) electrons. The largest absolute Gasteiger partial charge is 0.122 e. The summed E-state index contributed by atoms with van der Waals surface area (Å²) in [6.45, 7) is 4.23. The van der Waals surface area contributed by atoms with Gasteiger partial charge in [0.1, 0.15) is 0 Å². The lowest BCUT2D eigenvalue weighted by Gasteiger charge is -2.07. The summed E-state index contributed by atoms with van der Waals surface area (Å²) in [7, 11) is 0. The van der Waals surface area contributed by atoms with Crippen LogP contribution < -0.4 is 0 Å². The highest BCUT2D eigenvalue weighted by Crippen LogP contribution is 2.21. The highest BCUT2D eigenvalue weighted by molar-refractivity contribution is 5.76. The Morgan fingerprint density at radius 1 is 1.06 bits per heavy atom. The number of rotatable bonds is 1. The van der Waals surface area contributed by atoms with Gasteiger partial charge in [0.2, 0.25) is 0 Å². The van der Waals surface area contributed by atoms with Gasteiger partial charge < -0.3 is 0 Å². The fourth-order valence-corrected chi connectivity index (χ4v) is 1.83. The second kappa shape index (κ2) is 4.83. The Morgan fingerprint density at radius 3 is 2.69 bits per heavy atom. The average Bonchev–Trinajstić information content (AvgIpc) is 2.26. The lowest BCUT2D eigenvalue weighted by Crippen LogP contribution is -1.87. The van der Waals surface area contributed by atoms with Gasteiger partial charge in [0, 0.05) is 0 Å². The van der Waals surface area contributed by atoms with E-state index < -0.39 is 0 Å². The predicted molar refractivity (Wildman–Crippen MR) is 70.2 cm³/mol. The summed E-state index contributed by atoms with van der Waals surface area (Å²) < 4.78 is 0. The fourth-order valence-electron chi connectivity index (χ4n) is 1.83. The molecule has 1 aliphatic carbocycles. The van der Waals surface area contributed by atoms with E-state index in [2.05, 4.69) is 68.1 Å². The quantitative estimate of drug-likeness (QED) is 0.598. The first-order valence-corrected chi connectivity index (χ1v) is 5.63. The Bertz CT molecular complexity index is 507. The molecular formula is C16H16. The lowest BCUT2D eigenvalue weighted by molar-refractivity contribution is 1.35. The van der Waals surface area contributed by atoms with Gasteiger partial charge in [-0.05, 0) is 48.6 Å². The molecule has 0 nitrogen and oxygen atoms in total. The Morgan fingerprint density at radius 2 is 1.88 bits per heavy atom. The summed E-state index contributed by atoms with van der Waals surface area (Å²) in [5, 5.41) is 0. The zero-order chi connectivity index (χ0) is 11.4. The number of benzene rings is 1. The van der Waals surface area contributed by atoms with E-state index in [0.717, 1.165) is 6.42 Å². The third-order valence-electron chi connectivity index (χ3n) is 2.75. The van der Waals surface area contributed by atoms with Gasteiger partial charge in [-0.1, -0.05) is 42.5 Å². The molecule has 1 aromatic carbocycles. The minimum atomic E-state index is 0.950. The molecule has 0 aliphatic heterocycles. The van der Waals surface area contributed by atoms with Gasteiger partial charge in [-0.15, -0.1) is 5.73 Å². The average molecular weight is 208 g/mol. The Labute approximate surface area is 97.3 Å². The molecule has 80 valence electrons. The molecule has 0 saturated carbocycles. The standard InChI is InChI=1S/C16H16/c1-13-7-3-5-9-15(12-11-13)16-10-6-4-8-14(16)2/h3-4,6,8-12H,5H2,1-2H3/b12-11-,15-9?. The van der Waals surface area contributed by atoms with Crippen molar-refractivity contribution in [3.63, 3.8) is 0 Å². The summed E-state index contributed by atoms with van der Waals surface area (Å²) in [6, 6.07) is 8.50. The molecule has 0 spiro atoms. The van der Waals surface area contributed by atoms with Crippen LogP contribution in [0.2, 0.25) is 0 Å². The molecule has 0 heteroatoms. The second-order valence-corrected chi connectivity index (χ2v) is 4.07. The van der Waals surface area contributed by atoms with E-state index in [0.29, 0.717) is 0 Å². The monoisotopic (exact) mass is 208 g/mol. The third-order valence-corrected chi connectivity index (χ3v) is 2.75. The first kappa shape index (κ1) is 10.7. The van der Waals surface area contributed by atoms with Crippen LogP contribution in [0.3, 0.4) is 0 Å². The Kier molecular flexibility index (Phi) is 3.24. The van der Waals surface area contributed by atoms with Gasteiger partial charge in [-0.2, -0.15) is 0 Å². The van der Waals surface area contributed by atoms with Crippen LogP contribution in [-0.2, 0) is 0 Å². The van der Waals surface area contributed by atoms with Crippen molar-refractivity contribution in [2.45, 2.75) is 20.3 Å². The maximum absolute atomic E-state index is 3.23. The Hall–Kier alpha value is -1.78. The number of hydrogen-bond donors (Lipinski definition) is 0. The summed E-state index contributed by atoms with van der Waals surface area (Å²) in [6.07, 6.45) is 9.58. The van der Waals surface area contributed by atoms with Gasteiger partial charge in [-0.3, -0.25) is 0 Å². The van der Waals surface area contributed by atoms with Crippen molar-refractivity contribution in [3.05, 3.63) is 71.0 Å². The van der Waals surface area contributed by atoms with Crippen molar-refractivity contribution in [3.8, 4) is 0 Å². The van der Waals surface area contributed by atoms with Crippen molar-refractivity contribution >= 4 is 5.57 Å². The predicted octanol–water partition coefficient (Wildman–Crippen LogP) is 4.44. The first-order chi connectivity index (χ1) is 7.77. The molecule has 2 rings (SSSR count). The smallest absolute Gasteiger partial charge is 0.00836 e. The minimum Gasteiger partial charge on any atom is -0.122 e. The topological polar surface area (TPSA) is 0 Å². The molecule has 0 amide bonds. The normalized spacial score (nSPS) is 17.1. The van der Waals surface area contributed by atoms with E-state index in [1.165, 1.54) is 22.3 Å². The summed E-state index contributed by atoms with van der Waals surface area (Å²) in [5.74, 6) is 0. The zero-order valence-electron chi connectivity index (χ0n) is 9.83. The van der Waals surface area contributed by atoms with E-state index in [4.69, 9.17) is 0 Å². The molecule has 1 aromatic rings. The first-order valence-electron chi connectivity index (χ1n) is 5.63. The molecule has 0 bridgehead atoms. The molecule has 1 aliphatic rings. The SMILES string of the molecule is CC1=C=CCC=C(c2ccccc2C)/C=C\1. The van der Waals surface area contributed by atoms with Crippen molar-refractivity contribution in [2.24, 2.45) is 0 Å². The van der Waals surface area contributed by atoms with Crippen molar-refractivity contribution in [1.82, 2.24) is 0 Å². The van der Waals surface area contributed by atoms with Crippen molar-refractivity contribution in [2.75, 3.05) is 0 Å². The molecule has 0 atom stereocenters. The highest BCUT2D eigenvalue weighted by atomic mass is 14.1. The fraction of sp³-hybridized carbons (Fsp3) is 0.188. The van der Waals surface area contributed by atoms with Crippen molar-refractivity contribution < 1.29 is 0 Å². The number of aryl methyl sites for hydroxylation is 1. The second-order valence-electron chi connectivity index (χ2n) is 4.07. The van der Waals surface area contributed by atoms with E-state index in [9.17, 15) is 0 Å². The number of hydrogen-bond acceptors (Lipinski definition) is 0. The van der Waals surface area contributed by atoms with E-state index >= 15 is 0 Å². The van der Waals surface area contributed by atoms with Crippen LogP contribution in [0.25, 0.3) is 5.57 Å². The molecule has 0 fully saturated rings. The van der Waals surface area contributed by atoms with Gasteiger partial charge in [0.25, 0.3) is 0 Å². The molecular weight excluding hydrogens is 192 g/mol. The number of allylic oxidation sites excluding steroid dienone is 5. The minimum absolute atomic E-state index is 0.950. The maximum atomic E-state index is 3.23. The highest BCUT2D eigenvalue weighted by Gasteiger charge is 2.01. The van der Waals surface area contributed by atoms with Gasteiger partial charge in [-0.25, -0.2) is 0 Å². The van der Waals surface area contributed by atoms with Gasteiger partial charge in [0.05, 0.1) is 0 Å². The van der Waals surface area contributed by atoms with Crippen LogP contribution in [0.5, 0.6) is 0 Å². The van der Waals surface area contributed by atoms with Crippen LogP contribution in [0.1, 0.15) is 24.5 Å². The van der Waals surface area contributed by atoms with Crippen LogP contribution in [-0.4, -0.2) is 0 Å². The van der Waals surface area contributed by atoms with Crippen LogP contribution in [0, 0.1) is 6.92 Å². The molecule has 0 saturated heterocycles. The van der Waals surface area contributed by atoms with Gasteiger partial charge >= 0.3 is 0 Å². The van der Waals surface area contributed by atoms with Crippen molar-refractivity contribution in [1.29, 1.82) is 0 Å². The molecule has 0 unspecified atom stereocenters.